The summed E-state index contributed by atoms with van der Waals surface area (Å²) in [6, 6.07) is 0. The number of carboxylic acids is 3. The average molecular weight is 216 g/mol. The van der Waals surface area contributed by atoms with E-state index in [2.05, 4.69) is 0 Å². The van der Waals surface area contributed by atoms with Crippen LogP contribution in [-0.4, -0.2) is 39.0 Å². The Morgan fingerprint density at radius 3 is 1.93 bits per heavy atom. The Hall–Kier alpha value is -2.18. The lowest BCUT2D eigenvalue weighted by Crippen LogP contribution is -2.17. The van der Waals surface area contributed by atoms with Crippen LogP contribution >= 0.6 is 0 Å². The van der Waals surface area contributed by atoms with Crippen LogP contribution in [0.4, 0.5) is 0 Å². The van der Waals surface area contributed by atoms with Gasteiger partial charge in [0.2, 0.25) is 0 Å². The zero-order valence-electron chi connectivity index (χ0n) is 7.41. The summed E-state index contributed by atoms with van der Waals surface area (Å²) in [5.41, 5.74) is 0. The number of carbonyl (C=O) groups excluding carboxylic acids is 1. The van der Waals surface area contributed by atoms with Gasteiger partial charge in [-0.3, -0.25) is 14.4 Å². The van der Waals surface area contributed by atoms with Crippen molar-refractivity contribution < 1.29 is 34.5 Å². The molecule has 0 aliphatic carbocycles. The van der Waals surface area contributed by atoms with Gasteiger partial charge in [-0.15, -0.1) is 0 Å². The van der Waals surface area contributed by atoms with E-state index in [0.29, 0.717) is 6.08 Å². The lowest BCUT2D eigenvalue weighted by atomic mass is 10.1. The first-order chi connectivity index (χ1) is 6.84. The maximum Gasteiger partial charge on any atom is 0.376 e. The van der Waals surface area contributed by atoms with Gasteiger partial charge in [0, 0.05) is 0 Å². The molecule has 0 spiro atoms. The van der Waals surface area contributed by atoms with Crippen molar-refractivity contribution in [1.29, 1.82) is 0 Å². The predicted octanol–water partition coefficient (Wildman–Crippen LogP) is -0.628. The van der Waals surface area contributed by atoms with Gasteiger partial charge in [-0.05, 0) is 6.08 Å². The first-order valence-electron chi connectivity index (χ1n) is 3.74. The lowest BCUT2D eigenvalue weighted by molar-refractivity contribution is -0.147. The van der Waals surface area contributed by atoms with Crippen molar-refractivity contribution >= 4 is 23.7 Å². The van der Waals surface area contributed by atoms with E-state index in [1.165, 1.54) is 0 Å². The van der Waals surface area contributed by atoms with Crippen molar-refractivity contribution in [3.8, 4) is 0 Å². The number of carboxylic acid groups (broad SMARTS) is 3. The minimum Gasteiger partial charge on any atom is -0.481 e. The van der Waals surface area contributed by atoms with Crippen molar-refractivity contribution in [3.63, 3.8) is 0 Å². The summed E-state index contributed by atoms with van der Waals surface area (Å²) in [5.74, 6) is -7.23. The Morgan fingerprint density at radius 2 is 1.60 bits per heavy atom. The molecule has 0 radical (unpaired) electrons. The third-order valence-corrected chi connectivity index (χ3v) is 1.40. The molecule has 0 aliphatic heterocycles. The van der Waals surface area contributed by atoms with Crippen LogP contribution in [0.1, 0.15) is 6.42 Å². The zero-order valence-corrected chi connectivity index (χ0v) is 7.41. The standard InChI is InChI=1S/C8H8O7/c9-5(8(14)15)2-1-4(7(12)13)3-6(10)11/h1-2,4H,3H2,(H,10,11)(H,12,13)(H,14,15)/b2-1+. The van der Waals surface area contributed by atoms with E-state index in [-0.39, 0.29) is 0 Å². The zero-order chi connectivity index (χ0) is 12.0. The molecule has 0 saturated carbocycles. The van der Waals surface area contributed by atoms with Gasteiger partial charge < -0.3 is 15.3 Å². The van der Waals surface area contributed by atoms with Gasteiger partial charge in [0.25, 0.3) is 5.78 Å². The smallest absolute Gasteiger partial charge is 0.376 e. The SMILES string of the molecule is O=C(O)CC(/C=C/C(=O)C(=O)O)C(=O)O. The maximum absolute atomic E-state index is 10.5. The Labute approximate surface area is 83.6 Å². The summed E-state index contributed by atoms with van der Waals surface area (Å²) in [4.78, 5) is 41.2. The molecule has 7 heteroatoms. The molecule has 0 amide bonds. The highest BCUT2D eigenvalue weighted by Crippen LogP contribution is 2.05. The Morgan fingerprint density at radius 1 is 1.07 bits per heavy atom. The fourth-order valence-corrected chi connectivity index (χ4v) is 0.701. The summed E-state index contributed by atoms with van der Waals surface area (Å²) in [6.07, 6.45) is 0.565. The number of carbonyl (C=O) groups is 4. The fourth-order valence-electron chi connectivity index (χ4n) is 0.701. The molecule has 3 N–H and O–H groups in total. The number of hydrogen-bond acceptors (Lipinski definition) is 4. The van der Waals surface area contributed by atoms with Crippen molar-refractivity contribution in [2.24, 2.45) is 5.92 Å². The molecule has 1 atom stereocenters. The molecular formula is C8H8O7. The van der Waals surface area contributed by atoms with E-state index < -0.39 is 36.0 Å². The third kappa shape index (κ3) is 5.19. The van der Waals surface area contributed by atoms with Crippen LogP contribution in [0, 0.1) is 5.92 Å². The largest absolute Gasteiger partial charge is 0.481 e. The summed E-state index contributed by atoms with van der Waals surface area (Å²) < 4.78 is 0. The second-order valence-electron chi connectivity index (χ2n) is 2.57. The van der Waals surface area contributed by atoms with Crippen LogP contribution in [0.15, 0.2) is 12.2 Å². The minimum atomic E-state index is -1.73. The van der Waals surface area contributed by atoms with Crippen molar-refractivity contribution in [1.82, 2.24) is 0 Å². The third-order valence-electron chi connectivity index (χ3n) is 1.40. The summed E-state index contributed by atoms with van der Waals surface area (Å²) in [7, 11) is 0. The first-order valence-corrected chi connectivity index (χ1v) is 3.74. The molecule has 0 saturated heterocycles. The van der Waals surface area contributed by atoms with Gasteiger partial charge >= 0.3 is 17.9 Å². The van der Waals surface area contributed by atoms with Gasteiger partial charge in [-0.2, -0.15) is 0 Å². The Kier molecular flexibility index (Phi) is 4.73. The van der Waals surface area contributed by atoms with Crippen LogP contribution in [0.25, 0.3) is 0 Å². The number of aliphatic carboxylic acids is 3. The van der Waals surface area contributed by atoms with E-state index in [9.17, 15) is 19.2 Å². The molecule has 0 heterocycles. The highest BCUT2D eigenvalue weighted by molar-refractivity contribution is 6.37. The molecule has 0 bridgehead atoms. The van der Waals surface area contributed by atoms with Gasteiger partial charge in [-0.1, -0.05) is 6.08 Å². The quantitative estimate of drug-likeness (QED) is 0.398. The van der Waals surface area contributed by atoms with E-state index >= 15 is 0 Å². The molecule has 0 aromatic carbocycles. The van der Waals surface area contributed by atoms with E-state index in [1.54, 1.807) is 0 Å². The van der Waals surface area contributed by atoms with Crippen LogP contribution in [0.2, 0.25) is 0 Å². The Balaban J connectivity index is 4.54. The van der Waals surface area contributed by atoms with E-state index in [1.807, 2.05) is 0 Å². The van der Waals surface area contributed by atoms with E-state index in [0.717, 1.165) is 6.08 Å². The highest BCUT2D eigenvalue weighted by atomic mass is 16.4. The topological polar surface area (TPSA) is 129 Å². The van der Waals surface area contributed by atoms with Crippen LogP contribution in [-0.2, 0) is 19.2 Å². The highest BCUT2D eigenvalue weighted by Gasteiger charge is 2.18. The Bertz CT molecular complexity index is 328. The van der Waals surface area contributed by atoms with Gasteiger partial charge in [0.1, 0.15) is 0 Å². The molecule has 0 aliphatic rings. The summed E-state index contributed by atoms with van der Waals surface area (Å²) in [5, 5.41) is 25.0. The molecule has 7 nitrogen and oxygen atoms in total. The van der Waals surface area contributed by atoms with Crippen LogP contribution in [0.5, 0.6) is 0 Å². The monoisotopic (exact) mass is 216 g/mol. The number of ketones is 1. The second-order valence-corrected chi connectivity index (χ2v) is 2.57. The minimum absolute atomic E-state index is 0.532. The average Bonchev–Trinajstić information content (AvgIpc) is 2.10. The predicted molar refractivity (Wildman–Crippen MR) is 45.2 cm³/mol. The molecule has 0 rings (SSSR count). The number of hydrogen-bond donors (Lipinski definition) is 3. The number of rotatable bonds is 6. The van der Waals surface area contributed by atoms with E-state index in [4.69, 9.17) is 15.3 Å². The summed E-state index contributed by atoms with van der Waals surface area (Å²) >= 11 is 0. The second kappa shape index (κ2) is 5.53. The molecule has 0 fully saturated rings. The molecule has 0 aromatic heterocycles. The van der Waals surface area contributed by atoms with Crippen LogP contribution in [0.3, 0.4) is 0 Å². The molecule has 0 aromatic rings. The van der Waals surface area contributed by atoms with Crippen molar-refractivity contribution in [2.45, 2.75) is 6.42 Å². The summed E-state index contributed by atoms with van der Waals surface area (Å²) in [6.45, 7) is 0. The molecule has 82 valence electrons. The van der Waals surface area contributed by atoms with Crippen molar-refractivity contribution in [2.75, 3.05) is 0 Å². The fraction of sp³-hybridized carbons (Fsp3) is 0.250. The van der Waals surface area contributed by atoms with Crippen LogP contribution < -0.4 is 0 Å². The molecular weight excluding hydrogens is 208 g/mol. The normalized spacial score (nSPS) is 12.3. The molecule has 1 unspecified atom stereocenters. The van der Waals surface area contributed by atoms with Gasteiger partial charge in [0.05, 0.1) is 12.3 Å². The maximum atomic E-state index is 10.5. The lowest BCUT2D eigenvalue weighted by Gasteiger charge is -2.02. The molecule has 15 heavy (non-hydrogen) atoms. The van der Waals surface area contributed by atoms with Gasteiger partial charge in [0.15, 0.2) is 0 Å². The first kappa shape index (κ1) is 12.8. The van der Waals surface area contributed by atoms with Crippen molar-refractivity contribution in [3.05, 3.63) is 12.2 Å². The van der Waals surface area contributed by atoms with Gasteiger partial charge in [-0.25, -0.2) is 4.79 Å².